The zero-order valence-electron chi connectivity index (χ0n) is 9.28. The van der Waals surface area contributed by atoms with Gasteiger partial charge in [-0.15, -0.1) is 10.2 Å². The van der Waals surface area contributed by atoms with Crippen molar-refractivity contribution in [2.75, 3.05) is 0 Å². The fraction of sp³-hybridized carbons (Fsp3) is 0.100. The van der Waals surface area contributed by atoms with Gasteiger partial charge in [0.15, 0.2) is 5.52 Å². The molecule has 3 aromatic heterocycles. The van der Waals surface area contributed by atoms with Crippen LogP contribution in [0.1, 0.15) is 5.69 Å². The third kappa shape index (κ3) is 2.96. The Morgan fingerprint density at radius 3 is 2.56 bits per heavy atom. The molecule has 0 radical (unpaired) electrons. The van der Waals surface area contributed by atoms with E-state index in [0.29, 0.717) is 0 Å². The molecule has 0 N–H and O–H groups in total. The molecule has 0 aromatic carbocycles. The largest absolute Gasteiger partial charge is 0.351 e. The summed E-state index contributed by atoms with van der Waals surface area (Å²) in [4.78, 5) is 1.27. The molecule has 18 heavy (non-hydrogen) atoms. The number of aromatic nitrogens is 2. The van der Waals surface area contributed by atoms with Crippen molar-refractivity contribution >= 4 is 21.8 Å². The van der Waals surface area contributed by atoms with Gasteiger partial charge in [-0.2, -0.15) is 8.80 Å². The van der Waals surface area contributed by atoms with Gasteiger partial charge in [-0.05, 0) is 19.1 Å². The molecule has 0 saturated heterocycles. The van der Waals surface area contributed by atoms with Crippen LogP contribution >= 0.6 is 11.3 Å². The van der Waals surface area contributed by atoms with Gasteiger partial charge in [0.25, 0.3) is 0 Å². The number of rotatable bonds is 0. The van der Waals surface area contributed by atoms with Crippen LogP contribution in [0, 0.1) is 17.2 Å². The normalized spacial score (nSPS) is 11.6. The van der Waals surface area contributed by atoms with Crippen LogP contribution in [-0.2, 0) is 0 Å². The maximum atomic E-state index is 8.49. The second-order valence-corrected chi connectivity index (χ2v) is 5.12. The summed E-state index contributed by atoms with van der Waals surface area (Å²) in [5, 5.41) is 2.18. The molecular weight excluding hydrogens is 280 g/mol. The van der Waals surface area contributed by atoms with E-state index < -0.39 is 10.2 Å². The monoisotopic (exact) mass is 288 g/mol. The first-order chi connectivity index (χ1) is 8.36. The second-order valence-electron chi connectivity index (χ2n) is 3.53. The molecule has 3 heterocycles. The predicted molar refractivity (Wildman–Crippen MR) is 53.2 cm³/mol. The summed E-state index contributed by atoms with van der Waals surface area (Å²) in [5.41, 5.74) is 2.54. The molecule has 0 saturated carbocycles. The second kappa shape index (κ2) is 4.81. The highest BCUT2D eigenvalue weighted by Gasteiger charge is 2.13. The first-order valence-electron chi connectivity index (χ1n) is 4.83. The van der Waals surface area contributed by atoms with E-state index in [0.717, 1.165) is 0 Å². The fourth-order valence-electron chi connectivity index (χ4n) is 1.60. The molecule has 0 aliphatic heterocycles. The van der Waals surface area contributed by atoms with Crippen LogP contribution in [-0.4, -0.2) is 4.40 Å². The lowest BCUT2D eigenvalue weighted by atomic mass is 10.4. The third-order valence-electron chi connectivity index (χ3n) is 2.28. The molecule has 3 aromatic rings. The van der Waals surface area contributed by atoms with Crippen molar-refractivity contribution in [3.8, 4) is 0 Å². The van der Waals surface area contributed by atoms with Gasteiger partial charge in [-0.1, -0.05) is 17.4 Å². The summed E-state index contributed by atoms with van der Waals surface area (Å²) in [7, 11) is -4.94. The van der Waals surface area contributed by atoms with Gasteiger partial charge in [0, 0.05) is 5.38 Å². The third-order valence-corrected chi connectivity index (χ3v) is 3.34. The van der Waals surface area contributed by atoms with E-state index in [-0.39, 0.29) is 0 Å². The Morgan fingerprint density at radius 2 is 1.89 bits per heavy atom. The van der Waals surface area contributed by atoms with Crippen LogP contribution < -0.4 is 23.0 Å². The van der Waals surface area contributed by atoms with Crippen LogP contribution in [0.15, 0.2) is 36.0 Å². The van der Waals surface area contributed by atoms with Crippen molar-refractivity contribution < 1.29 is 33.3 Å². The fourth-order valence-corrected chi connectivity index (χ4v) is 2.58. The van der Waals surface area contributed by atoms with Gasteiger partial charge in [-0.3, -0.25) is 0 Å². The highest BCUT2D eigenvalue weighted by Crippen LogP contribution is 2.14. The minimum atomic E-state index is -4.94. The van der Waals surface area contributed by atoms with Crippen LogP contribution in [0.5, 0.6) is 0 Å². The van der Waals surface area contributed by atoms with E-state index in [1.165, 1.54) is 16.2 Å². The Morgan fingerprint density at radius 1 is 1.22 bits per heavy atom. The van der Waals surface area contributed by atoms with E-state index in [4.69, 9.17) is 18.6 Å². The van der Waals surface area contributed by atoms with Gasteiger partial charge >= 0.3 is 4.96 Å². The number of halogens is 1. The Bertz CT molecular complexity index is 667. The quantitative estimate of drug-likeness (QED) is 0.420. The summed E-state index contributed by atoms with van der Waals surface area (Å²) < 4.78 is 38.4. The Kier molecular flexibility index (Phi) is 3.53. The minimum Gasteiger partial charge on any atom is -0.222 e. The number of nitrogens with zero attached hydrogens (tertiary/aromatic N) is 2. The molecule has 0 unspecified atom stereocenters. The molecular formula is C10H9ClN2O4S. The summed E-state index contributed by atoms with van der Waals surface area (Å²) in [6.07, 6.45) is 4.27. The van der Waals surface area contributed by atoms with Crippen LogP contribution in [0.2, 0.25) is 0 Å². The minimum absolute atomic E-state index is 1.25. The molecule has 0 spiro atoms. The highest BCUT2D eigenvalue weighted by atomic mass is 35.7. The van der Waals surface area contributed by atoms with Crippen molar-refractivity contribution in [3.63, 3.8) is 0 Å². The molecule has 6 nitrogen and oxygen atoms in total. The topological polar surface area (TPSA) is 101 Å². The molecule has 0 aliphatic carbocycles. The molecule has 96 valence electrons. The number of aryl methyl sites for hydroxylation is 1. The SMILES string of the molecule is Cc1csc2n1cc1cccc[n+]12.[O-][Cl+3]([O-])([O-])[O-]. The maximum Gasteiger partial charge on any atom is 0.351 e. The lowest BCUT2D eigenvalue weighted by molar-refractivity contribution is -2.00. The number of hydrogen-bond acceptors (Lipinski definition) is 5. The van der Waals surface area contributed by atoms with Crippen LogP contribution in [0.3, 0.4) is 0 Å². The molecule has 0 atom stereocenters. The lowest BCUT2D eigenvalue weighted by Gasteiger charge is -2.17. The highest BCUT2D eigenvalue weighted by molar-refractivity contribution is 7.14. The number of thiazole rings is 1. The van der Waals surface area contributed by atoms with Gasteiger partial charge in [0.2, 0.25) is 0 Å². The molecule has 3 rings (SSSR count). The van der Waals surface area contributed by atoms with Gasteiger partial charge in [-0.25, -0.2) is 18.6 Å². The molecule has 8 heteroatoms. The number of imidazole rings is 1. The van der Waals surface area contributed by atoms with E-state index in [2.05, 4.69) is 51.7 Å². The number of pyridine rings is 1. The van der Waals surface area contributed by atoms with Crippen molar-refractivity contribution in [3.05, 3.63) is 41.7 Å². The summed E-state index contributed by atoms with van der Waals surface area (Å²) in [6, 6.07) is 6.25. The lowest BCUT2D eigenvalue weighted by Crippen LogP contribution is -2.68. The van der Waals surface area contributed by atoms with E-state index in [9.17, 15) is 0 Å². The first-order valence-corrected chi connectivity index (χ1v) is 6.95. The Balaban J connectivity index is 0.000000209. The van der Waals surface area contributed by atoms with E-state index in [1.807, 2.05) is 0 Å². The molecule has 0 amide bonds. The van der Waals surface area contributed by atoms with Gasteiger partial charge < -0.3 is 0 Å². The number of hydrogen-bond donors (Lipinski definition) is 0. The average molecular weight is 289 g/mol. The zero-order chi connectivity index (χ0) is 13.3. The molecule has 0 bridgehead atoms. The Hall–Kier alpha value is -1.22. The average Bonchev–Trinajstić information content (AvgIpc) is 2.77. The van der Waals surface area contributed by atoms with Crippen molar-refractivity contribution in [1.29, 1.82) is 0 Å². The smallest absolute Gasteiger partial charge is 0.222 e. The number of fused-ring (bicyclic) bond motifs is 3. The summed E-state index contributed by atoms with van der Waals surface area (Å²) in [6.45, 7) is 2.13. The van der Waals surface area contributed by atoms with Crippen molar-refractivity contribution in [2.24, 2.45) is 0 Å². The Labute approximate surface area is 108 Å². The predicted octanol–water partition coefficient (Wildman–Crippen LogP) is -2.71. The molecule has 0 fully saturated rings. The van der Waals surface area contributed by atoms with E-state index >= 15 is 0 Å². The first kappa shape index (κ1) is 13.2. The van der Waals surface area contributed by atoms with Crippen molar-refractivity contribution in [1.82, 2.24) is 4.40 Å². The van der Waals surface area contributed by atoms with Gasteiger partial charge in [0.05, 0.1) is 6.20 Å². The van der Waals surface area contributed by atoms with Crippen LogP contribution in [0.25, 0.3) is 10.5 Å². The summed E-state index contributed by atoms with van der Waals surface area (Å²) >= 11 is 1.78. The molecule has 0 aliphatic rings. The van der Waals surface area contributed by atoms with Gasteiger partial charge in [0.1, 0.15) is 11.9 Å². The van der Waals surface area contributed by atoms with Crippen LogP contribution in [0.4, 0.5) is 0 Å². The zero-order valence-corrected chi connectivity index (χ0v) is 10.9. The summed E-state index contributed by atoms with van der Waals surface area (Å²) in [5.74, 6) is 0. The maximum absolute atomic E-state index is 8.49. The standard InChI is InChI=1S/C10H9N2S.ClHO4/c1-8-7-13-10-11-5-3-2-4-9(11)6-12(8)10;2-1(3,4)5/h2-7H,1H3;(H,2,3,4,5)/q+1;/p-1. The van der Waals surface area contributed by atoms with Crippen molar-refractivity contribution in [2.45, 2.75) is 6.92 Å². The van der Waals surface area contributed by atoms with E-state index in [1.54, 1.807) is 11.3 Å².